The summed E-state index contributed by atoms with van der Waals surface area (Å²) in [6.07, 6.45) is 4.39. The largest absolute Gasteiger partial charge is 0.494 e. The Morgan fingerprint density at radius 2 is 2.23 bits per heavy atom. The van der Waals surface area contributed by atoms with Gasteiger partial charge in [-0.25, -0.2) is 0 Å². The van der Waals surface area contributed by atoms with Gasteiger partial charge in [0.25, 0.3) is 5.56 Å². The third kappa shape index (κ3) is 3.94. The molecule has 1 aromatic carbocycles. The fraction of sp³-hybridized carbons (Fsp3) is 0.333. The Balaban J connectivity index is 2.29. The van der Waals surface area contributed by atoms with E-state index in [-0.39, 0.29) is 5.56 Å². The molecule has 0 bridgehead atoms. The van der Waals surface area contributed by atoms with Crippen LogP contribution in [0, 0.1) is 6.92 Å². The highest BCUT2D eigenvalue weighted by Gasteiger charge is 2.07. The summed E-state index contributed by atoms with van der Waals surface area (Å²) in [6.45, 7) is 4.34. The molecule has 0 aliphatic heterocycles. The topological polar surface area (TPSA) is 69.4 Å². The number of hydrogen-bond donors (Lipinski definition) is 0. The Bertz CT molecular complexity index is 728. The molecule has 2 rings (SSSR count). The smallest absolute Gasteiger partial charge is 0.296 e. The normalized spacial score (nSPS) is 11.0. The highest BCUT2D eigenvalue weighted by Crippen LogP contribution is 2.13. The Labute approximate surface area is 133 Å². The summed E-state index contributed by atoms with van der Waals surface area (Å²) < 4.78 is 6.84. The Kier molecular flexibility index (Phi) is 5.71. The predicted molar refractivity (Wildman–Crippen MR) is 88.0 cm³/mol. The van der Waals surface area contributed by atoms with E-state index >= 15 is 0 Å². The number of ether oxygens (including phenoxy) is 1. The number of thioether (sulfide) groups is 1. The monoisotopic (exact) mass is 318 g/mol. The lowest BCUT2D eigenvalue weighted by atomic mass is 10.2. The number of hydrogen-bond acceptors (Lipinski definition) is 6. The third-order valence-corrected chi connectivity index (χ3v) is 3.42. The minimum Gasteiger partial charge on any atom is -0.494 e. The number of aromatic nitrogens is 3. The van der Waals surface area contributed by atoms with Gasteiger partial charge in [-0.05, 0) is 37.3 Å². The number of aryl methyl sites for hydroxylation is 1. The van der Waals surface area contributed by atoms with E-state index in [0.717, 1.165) is 17.7 Å². The molecule has 0 unspecified atom stereocenters. The highest BCUT2D eigenvalue weighted by molar-refractivity contribution is 7.98. The van der Waals surface area contributed by atoms with Crippen LogP contribution in [0.4, 0.5) is 0 Å². The maximum atomic E-state index is 12.1. The lowest BCUT2D eigenvalue weighted by Crippen LogP contribution is -2.23. The number of nitrogens with zero attached hydrogens (tertiary/aromatic N) is 4. The first-order chi connectivity index (χ1) is 10.7. The van der Waals surface area contributed by atoms with Gasteiger partial charge < -0.3 is 4.74 Å². The fourth-order valence-electron chi connectivity index (χ4n) is 1.70. The molecule has 0 fully saturated rings. The van der Waals surface area contributed by atoms with Gasteiger partial charge in [-0.15, -0.1) is 10.2 Å². The molecule has 0 spiro atoms. The first-order valence-electron chi connectivity index (χ1n) is 6.93. The molecule has 0 saturated heterocycles. The van der Waals surface area contributed by atoms with E-state index in [1.807, 2.05) is 30.5 Å². The Morgan fingerprint density at radius 3 is 2.95 bits per heavy atom. The average molecular weight is 318 g/mol. The van der Waals surface area contributed by atoms with Gasteiger partial charge in [0.05, 0.1) is 12.8 Å². The van der Waals surface area contributed by atoms with Crippen molar-refractivity contribution >= 4 is 18.0 Å². The minimum absolute atomic E-state index is 0.269. The van der Waals surface area contributed by atoms with Gasteiger partial charge in [0.1, 0.15) is 11.4 Å². The maximum absolute atomic E-state index is 12.1. The van der Waals surface area contributed by atoms with Crippen molar-refractivity contribution in [1.82, 2.24) is 14.9 Å². The van der Waals surface area contributed by atoms with Crippen LogP contribution in [0.1, 0.15) is 24.6 Å². The average Bonchev–Trinajstić information content (AvgIpc) is 2.54. The summed E-state index contributed by atoms with van der Waals surface area (Å²) in [5.74, 6) is 0.785. The standard InChI is InChI=1S/C15H18N4O2S/c1-4-8-21-13-7-5-6-12(9-13)10-16-19-14(20)11(2)17-18-15(19)22-3/h5-7,9-10H,4,8H2,1-3H3/b16-10-. The van der Waals surface area contributed by atoms with E-state index in [4.69, 9.17) is 4.74 Å². The van der Waals surface area contributed by atoms with Crippen molar-refractivity contribution in [3.63, 3.8) is 0 Å². The molecule has 116 valence electrons. The summed E-state index contributed by atoms with van der Waals surface area (Å²) in [4.78, 5) is 12.1. The molecule has 7 heteroatoms. The van der Waals surface area contributed by atoms with E-state index in [2.05, 4.69) is 22.2 Å². The van der Waals surface area contributed by atoms with Crippen molar-refractivity contribution in [2.45, 2.75) is 25.4 Å². The highest BCUT2D eigenvalue weighted by atomic mass is 32.2. The third-order valence-electron chi connectivity index (χ3n) is 2.80. The zero-order chi connectivity index (χ0) is 15.9. The molecular weight excluding hydrogens is 300 g/mol. The van der Waals surface area contributed by atoms with Gasteiger partial charge in [0.2, 0.25) is 5.16 Å². The van der Waals surface area contributed by atoms with Crippen LogP contribution in [-0.2, 0) is 0 Å². The van der Waals surface area contributed by atoms with Gasteiger partial charge in [-0.1, -0.05) is 30.8 Å². The summed E-state index contributed by atoms with van der Waals surface area (Å²) in [6, 6.07) is 7.56. The van der Waals surface area contributed by atoms with Gasteiger partial charge >= 0.3 is 0 Å². The van der Waals surface area contributed by atoms with Crippen molar-refractivity contribution in [2.75, 3.05) is 12.9 Å². The van der Waals surface area contributed by atoms with Crippen LogP contribution in [-0.4, -0.2) is 34.0 Å². The van der Waals surface area contributed by atoms with E-state index in [0.29, 0.717) is 17.5 Å². The van der Waals surface area contributed by atoms with Crippen LogP contribution in [0.3, 0.4) is 0 Å². The molecule has 0 atom stereocenters. The van der Waals surface area contributed by atoms with Crippen LogP contribution >= 0.6 is 11.8 Å². The van der Waals surface area contributed by atoms with Gasteiger partial charge in [-0.3, -0.25) is 4.79 Å². The molecule has 1 aromatic heterocycles. The fourth-order valence-corrected chi connectivity index (χ4v) is 2.13. The maximum Gasteiger partial charge on any atom is 0.296 e. The summed E-state index contributed by atoms with van der Waals surface area (Å²) in [5, 5.41) is 12.5. The van der Waals surface area contributed by atoms with Crippen molar-refractivity contribution in [3.05, 3.63) is 45.9 Å². The first kappa shape index (κ1) is 16.2. The number of benzene rings is 1. The van der Waals surface area contributed by atoms with Crippen LogP contribution in [0.2, 0.25) is 0 Å². The molecule has 0 radical (unpaired) electrons. The molecular formula is C15H18N4O2S. The van der Waals surface area contributed by atoms with Crippen LogP contribution in [0.5, 0.6) is 5.75 Å². The second kappa shape index (κ2) is 7.74. The lowest BCUT2D eigenvalue weighted by Gasteiger charge is -2.05. The van der Waals surface area contributed by atoms with E-state index in [9.17, 15) is 4.79 Å². The quantitative estimate of drug-likeness (QED) is 0.604. The Morgan fingerprint density at radius 1 is 1.41 bits per heavy atom. The molecule has 0 N–H and O–H groups in total. The molecule has 1 heterocycles. The Hall–Kier alpha value is -2.15. The van der Waals surface area contributed by atoms with E-state index < -0.39 is 0 Å². The zero-order valence-corrected chi connectivity index (χ0v) is 13.6. The van der Waals surface area contributed by atoms with Crippen molar-refractivity contribution < 1.29 is 4.74 Å². The zero-order valence-electron chi connectivity index (χ0n) is 12.8. The summed E-state index contributed by atoms with van der Waals surface area (Å²) >= 11 is 1.32. The van der Waals surface area contributed by atoms with Gasteiger partial charge in [0, 0.05) is 0 Å². The predicted octanol–water partition coefficient (Wildman–Crippen LogP) is 2.34. The second-order valence-corrected chi connectivity index (χ2v) is 5.33. The molecule has 6 nitrogen and oxygen atoms in total. The van der Waals surface area contributed by atoms with Crippen LogP contribution in [0.25, 0.3) is 0 Å². The van der Waals surface area contributed by atoms with Crippen molar-refractivity contribution in [3.8, 4) is 5.75 Å². The van der Waals surface area contributed by atoms with Crippen LogP contribution in [0.15, 0.2) is 39.3 Å². The first-order valence-corrected chi connectivity index (χ1v) is 8.15. The SMILES string of the molecule is CCCOc1cccc(/C=N\n2c(SC)nnc(C)c2=O)c1. The second-order valence-electron chi connectivity index (χ2n) is 4.55. The van der Waals surface area contributed by atoms with Crippen molar-refractivity contribution in [1.29, 1.82) is 0 Å². The molecule has 0 aliphatic carbocycles. The summed E-state index contributed by atoms with van der Waals surface area (Å²) in [5.41, 5.74) is 0.894. The molecule has 22 heavy (non-hydrogen) atoms. The van der Waals surface area contributed by atoms with Gasteiger partial charge in [0.15, 0.2) is 0 Å². The van der Waals surface area contributed by atoms with E-state index in [1.165, 1.54) is 16.4 Å². The molecule has 0 aliphatic rings. The molecule has 2 aromatic rings. The molecule has 0 saturated carbocycles. The molecule has 0 amide bonds. The number of rotatable bonds is 6. The van der Waals surface area contributed by atoms with Crippen molar-refractivity contribution in [2.24, 2.45) is 5.10 Å². The van der Waals surface area contributed by atoms with E-state index in [1.54, 1.807) is 13.1 Å². The minimum atomic E-state index is -0.269. The van der Waals surface area contributed by atoms with Gasteiger partial charge in [-0.2, -0.15) is 9.78 Å². The summed E-state index contributed by atoms with van der Waals surface area (Å²) in [7, 11) is 0. The lowest BCUT2D eigenvalue weighted by molar-refractivity contribution is 0.317. The van der Waals surface area contributed by atoms with Crippen LogP contribution < -0.4 is 10.3 Å².